The Balaban J connectivity index is 1.31. The maximum atomic E-state index is 13.9. The lowest BCUT2D eigenvalue weighted by atomic mass is 10.2. The zero-order valence-corrected chi connectivity index (χ0v) is 29.7. The van der Waals surface area contributed by atoms with Crippen molar-refractivity contribution in [2.75, 3.05) is 36.4 Å². The third-order valence-corrected chi connectivity index (χ3v) is 12.4. The minimum atomic E-state index is -0.267. The van der Waals surface area contributed by atoms with E-state index in [0.717, 1.165) is 28.1 Å². The minimum absolute atomic E-state index is 0.267. The predicted octanol–water partition coefficient (Wildman–Crippen LogP) is 8.10. The number of anilines is 2. The number of thioether (sulfide) groups is 4. The zero-order valence-electron chi connectivity index (χ0n) is 26.5. The van der Waals surface area contributed by atoms with Crippen LogP contribution < -0.4 is 19.5 Å². The number of ether oxygens (including phenoxy) is 4. The smallest absolute Gasteiger partial charge is 0.286 e. The van der Waals surface area contributed by atoms with Gasteiger partial charge in [-0.25, -0.2) is 0 Å². The molecule has 0 atom stereocenters. The number of benzene rings is 3. The molecule has 0 bridgehead atoms. The van der Waals surface area contributed by atoms with E-state index < -0.39 is 0 Å². The highest BCUT2D eigenvalue weighted by Crippen LogP contribution is 2.68. The van der Waals surface area contributed by atoms with Gasteiger partial charge in [-0.1, -0.05) is 83.4 Å². The van der Waals surface area contributed by atoms with Gasteiger partial charge >= 0.3 is 0 Å². The number of hydrogen-bond donors (Lipinski definition) is 0. The van der Waals surface area contributed by atoms with Crippen molar-refractivity contribution in [2.24, 2.45) is 10.2 Å². The predicted molar refractivity (Wildman–Crippen MR) is 192 cm³/mol. The number of rotatable bonds is 8. The van der Waals surface area contributed by atoms with Crippen molar-refractivity contribution in [1.29, 1.82) is 0 Å². The van der Waals surface area contributed by atoms with E-state index in [1.54, 1.807) is 0 Å². The number of fused-ring (bicyclic) bond motifs is 2. The van der Waals surface area contributed by atoms with E-state index in [0.29, 0.717) is 60.4 Å². The molecule has 0 radical (unpaired) electrons. The highest BCUT2D eigenvalue weighted by Gasteiger charge is 2.44. The molecular weight excluding hydrogens is 689 g/mol. The van der Waals surface area contributed by atoms with Crippen LogP contribution in [0.3, 0.4) is 0 Å². The van der Waals surface area contributed by atoms with Crippen molar-refractivity contribution >= 4 is 82.0 Å². The Hall–Kier alpha value is -3.98. The molecule has 7 rings (SSSR count). The van der Waals surface area contributed by atoms with E-state index in [4.69, 9.17) is 18.9 Å². The van der Waals surface area contributed by atoms with Gasteiger partial charge in [-0.15, -0.1) is 10.2 Å². The fraction of sp³-hybridized carbons (Fsp3) is 0.235. The van der Waals surface area contributed by atoms with Gasteiger partial charge in [0.2, 0.25) is 11.8 Å². The Morgan fingerprint density at radius 3 is 1.17 bits per heavy atom. The molecule has 0 saturated carbocycles. The molecule has 10 nitrogen and oxygen atoms in total. The largest absolute Gasteiger partial charge is 0.491 e. The van der Waals surface area contributed by atoms with E-state index in [1.165, 1.54) is 57.1 Å². The van der Waals surface area contributed by atoms with Gasteiger partial charge < -0.3 is 18.9 Å². The number of amides is 2. The quantitative estimate of drug-likeness (QED) is 0.212. The first-order valence-electron chi connectivity index (χ1n) is 15.4. The van der Waals surface area contributed by atoms with Crippen molar-refractivity contribution < 1.29 is 28.5 Å². The van der Waals surface area contributed by atoms with Gasteiger partial charge in [-0.05, 0) is 52.0 Å². The number of hydrogen-bond acceptors (Lipinski definition) is 12. The van der Waals surface area contributed by atoms with E-state index >= 15 is 0 Å². The average molecular weight is 719 g/mol. The summed E-state index contributed by atoms with van der Waals surface area (Å²) in [6, 6.07) is 18.6. The average Bonchev–Trinajstić information content (AvgIpc) is 3.87. The van der Waals surface area contributed by atoms with Crippen LogP contribution in [-0.2, 0) is 19.1 Å². The van der Waals surface area contributed by atoms with Gasteiger partial charge in [0, 0.05) is 0 Å². The lowest BCUT2D eigenvalue weighted by Gasteiger charge is -2.16. The van der Waals surface area contributed by atoms with E-state index in [9.17, 15) is 9.59 Å². The highest BCUT2D eigenvalue weighted by molar-refractivity contribution is 8.26. The first kappa shape index (κ1) is 32.6. The van der Waals surface area contributed by atoms with Crippen LogP contribution in [0.4, 0.5) is 11.4 Å². The van der Waals surface area contributed by atoms with Gasteiger partial charge in [0.1, 0.15) is 22.6 Å². The molecule has 48 heavy (non-hydrogen) atoms. The second-order valence-corrected chi connectivity index (χ2v) is 14.8. The fourth-order valence-electron chi connectivity index (χ4n) is 5.24. The van der Waals surface area contributed by atoms with Crippen LogP contribution in [-0.4, -0.2) is 50.0 Å². The fourth-order valence-corrected chi connectivity index (χ4v) is 10.8. The molecule has 0 spiro atoms. The normalized spacial score (nSPS) is 16.8. The Morgan fingerprint density at radius 2 is 0.854 bits per heavy atom. The van der Waals surface area contributed by atoms with Crippen LogP contribution in [0, 0.1) is 0 Å². The summed E-state index contributed by atoms with van der Waals surface area (Å²) in [6.45, 7) is 9.15. The van der Waals surface area contributed by atoms with Crippen LogP contribution in [0.1, 0.15) is 27.7 Å². The molecular formula is C34H30N4O6S4. The summed E-state index contributed by atoms with van der Waals surface area (Å²) in [4.78, 5) is 31.2. The maximum absolute atomic E-state index is 13.9. The topological polar surface area (TPSA) is 102 Å². The molecule has 0 unspecified atom stereocenters. The Morgan fingerprint density at radius 1 is 0.521 bits per heavy atom. The number of hydrazone groups is 2. The van der Waals surface area contributed by atoms with E-state index in [1.807, 2.05) is 88.4 Å². The van der Waals surface area contributed by atoms with Gasteiger partial charge in [0.25, 0.3) is 11.8 Å². The van der Waals surface area contributed by atoms with Gasteiger partial charge in [-0.2, -0.15) is 10.0 Å². The minimum Gasteiger partial charge on any atom is -0.491 e. The lowest BCUT2D eigenvalue weighted by molar-refractivity contribution is -0.115. The second-order valence-electron chi connectivity index (χ2n) is 10.2. The molecule has 0 fully saturated rings. The summed E-state index contributed by atoms with van der Waals surface area (Å²) in [6.07, 6.45) is 0. The van der Waals surface area contributed by atoms with Crippen LogP contribution in [0.2, 0.25) is 0 Å². The standard InChI is InChI=1S/C34H30N4O6S4/c1-5-41-23-25-27(47-33(45-25)21-29(43-7-3)35-37(31(21)39)19-15-11-9-12-16-19)24(42-6-2)28-26(23)46-34(48-28)22-30(44-8-4)36-38(32(22)40)20-17-13-10-14-18-20/h9-18H,5-8H2,1-4H3. The highest BCUT2D eigenvalue weighted by atomic mass is 32.2. The molecule has 4 aliphatic rings. The molecule has 0 saturated heterocycles. The number of carbonyl (C=O) groups is 2. The summed E-state index contributed by atoms with van der Waals surface area (Å²) in [7, 11) is 0. The van der Waals surface area contributed by atoms with Gasteiger partial charge in [-0.3, -0.25) is 9.59 Å². The van der Waals surface area contributed by atoms with Crippen molar-refractivity contribution in [2.45, 2.75) is 47.3 Å². The van der Waals surface area contributed by atoms with E-state index in [2.05, 4.69) is 10.2 Å². The maximum Gasteiger partial charge on any atom is 0.286 e. The molecule has 3 aromatic carbocycles. The third-order valence-electron chi connectivity index (χ3n) is 7.19. The zero-order chi connectivity index (χ0) is 33.4. The third kappa shape index (κ3) is 5.63. The van der Waals surface area contributed by atoms with Crippen LogP contribution in [0.15, 0.2) is 110 Å². The first-order chi connectivity index (χ1) is 23.5. The van der Waals surface area contributed by atoms with Crippen LogP contribution in [0.25, 0.3) is 0 Å². The summed E-state index contributed by atoms with van der Waals surface area (Å²) >= 11 is 5.78. The van der Waals surface area contributed by atoms with Crippen molar-refractivity contribution in [3.8, 4) is 11.5 Å². The molecule has 0 aliphatic carbocycles. The number of nitrogens with zero attached hydrogens (tertiary/aromatic N) is 4. The summed E-state index contributed by atoms with van der Waals surface area (Å²) in [5.74, 6) is 1.37. The first-order valence-corrected chi connectivity index (χ1v) is 18.7. The van der Waals surface area contributed by atoms with E-state index in [-0.39, 0.29) is 23.6 Å². The van der Waals surface area contributed by atoms with Crippen LogP contribution >= 0.6 is 47.0 Å². The molecule has 2 amide bonds. The monoisotopic (exact) mass is 718 g/mol. The van der Waals surface area contributed by atoms with Crippen molar-refractivity contribution in [3.63, 3.8) is 0 Å². The second kappa shape index (κ2) is 13.9. The molecule has 3 aromatic rings. The van der Waals surface area contributed by atoms with Crippen LogP contribution in [0.5, 0.6) is 11.5 Å². The summed E-state index contributed by atoms with van der Waals surface area (Å²) < 4.78 is 26.0. The molecule has 4 aliphatic heterocycles. The summed E-state index contributed by atoms with van der Waals surface area (Å²) in [5, 5.41) is 11.9. The molecule has 14 heteroatoms. The van der Waals surface area contributed by atoms with Gasteiger partial charge in [0.15, 0.2) is 0 Å². The Kier molecular flexibility index (Phi) is 9.40. The number of para-hydroxylation sites is 2. The Bertz CT molecular complexity index is 1750. The number of carbonyl (C=O) groups excluding carboxylic acids is 2. The Labute approximate surface area is 295 Å². The van der Waals surface area contributed by atoms with Crippen molar-refractivity contribution in [1.82, 2.24) is 0 Å². The molecule has 4 heterocycles. The molecule has 246 valence electrons. The van der Waals surface area contributed by atoms with Gasteiger partial charge in [0.05, 0.1) is 65.9 Å². The molecule has 0 N–H and O–H groups in total. The van der Waals surface area contributed by atoms with Crippen molar-refractivity contribution in [3.05, 3.63) is 80.3 Å². The lowest BCUT2D eigenvalue weighted by Crippen LogP contribution is -2.22. The SMILES string of the molecule is CCOC1=NN(c2ccccc2)C(=O)C1=C1Sc2c(OCC)c3c(c(OCC)c2S1)SC(=C1C(=O)N(c2ccccc2)N=C1OCC)S3. The summed E-state index contributed by atoms with van der Waals surface area (Å²) in [5.41, 5.74) is 2.10. The molecule has 0 aromatic heterocycles.